The Bertz CT molecular complexity index is 1030. The summed E-state index contributed by atoms with van der Waals surface area (Å²) in [6, 6.07) is 6.02. The van der Waals surface area contributed by atoms with Crippen molar-refractivity contribution in [2.24, 2.45) is 0 Å². The number of sulfonamides is 1. The molecule has 1 aromatic carbocycles. The van der Waals surface area contributed by atoms with Gasteiger partial charge in [-0.15, -0.1) is 0 Å². The fraction of sp³-hybridized carbons (Fsp3) is 0.619. The molecule has 11 heteroatoms. The Kier molecular flexibility index (Phi) is 7.94. The van der Waals surface area contributed by atoms with E-state index < -0.39 is 43.9 Å². The molecule has 0 bridgehead atoms. The molecule has 0 radical (unpaired) electrons. The number of amides is 1. The molecule has 2 aliphatic heterocycles. The number of carbonyl (C=O) groups is 2. The van der Waals surface area contributed by atoms with Crippen LogP contribution >= 0.6 is 0 Å². The molecule has 0 unspecified atom stereocenters. The number of esters is 1. The van der Waals surface area contributed by atoms with Crippen molar-refractivity contribution >= 4 is 31.7 Å². The van der Waals surface area contributed by atoms with Gasteiger partial charge >= 0.3 is 5.97 Å². The van der Waals surface area contributed by atoms with E-state index in [0.29, 0.717) is 25.9 Å². The maximum absolute atomic E-state index is 12.7. The van der Waals surface area contributed by atoms with Crippen LogP contribution in [0.25, 0.3) is 0 Å². The number of sulfone groups is 1. The van der Waals surface area contributed by atoms with Gasteiger partial charge in [-0.25, -0.2) is 16.8 Å². The van der Waals surface area contributed by atoms with Crippen LogP contribution in [0, 0.1) is 0 Å². The first kappa shape index (κ1) is 24.7. The van der Waals surface area contributed by atoms with Crippen molar-refractivity contribution in [2.45, 2.75) is 62.5 Å². The van der Waals surface area contributed by atoms with E-state index in [0.717, 1.165) is 24.8 Å². The zero-order valence-electron chi connectivity index (χ0n) is 18.2. The van der Waals surface area contributed by atoms with Gasteiger partial charge < -0.3 is 10.1 Å². The van der Waals surface area contributed by atoms with Crippen molar-refractivity contribution < 1.29 is 31.2 Å². The monoisotopic (exact) mass is 486 g/mol. The van der Waals surface area contributed by atoms with Crippen LogP contribution in [-0.4, -0.2) is 69.8 Å². The number of piperidine rings is 1. The molecule has 0 aromatic heterocycles. The van der Waals surface area contributed by atoms with Crippen molar-refractivity contribution in [2.75, 3.05) is 24.6 Å². The molecule has 0 saturated carbocycles. The van der Waals surface area contributed by atoms with Crippen LogP contribution in [0.2, 0.25) is 0 Å². The van der Waals surface area contributed by atoms with Gasteiger partial charge in [-0.3, -0.25) is 9.59 Å². The van der Waals surface area contributed by atoms with Crippen molar-refractivity contribution in [3.05, 3.63) is 29.8 Å². The zero-order valence-corrected chi connectivity index (χ0v) is 19.8. The molecule has 2 heterocycles. The Hall–Kier alpha value is -1.98. The summed E-state index contributed by atoms with van der Waals surface area (Å²) in [5.41, 5.74) is 0.785. The summed E-state index contributed by atoms with van der Waals surface area (Å²) < 4.78 is 55.0. The molecule has 1 amide bonds. The summed E-state index contributed by atoms with van der Waals surface area (Å²) in [4.78, 5) is 24.5. The maximum atomic E-state index is 12.7. The molecule has 32 heavy (non-hydrogen) atoms. The van der Waals surface area contributed by atoms with E-state index in [1.54, 1.807) is 24.3 Å². The van der Waals surface area contributed by atoms with Gasteiger partial charge in [-0.1, -0.05) is 18.6 Å². The summed E-state index contributed by atoms with van der Waals surface area (Å²) in [5, 5.41) is 2.60. The van der Waals surface area contributed by atoms with Crippen LogP contribution in [0.4, 0.5) is 0 Å². The third-order valence-corrected chi connectivity index (χ3v) is 9.43. The molecular formula is C21H30N2O7S2. The topological polar surface area (TPSA) is 127 Å². The molecule has 3 rings (SSSR count). The predicted molar refractivity (Wildman–Crippen MR) is 118 cm³/mol. The van der Waals surface area contributed by atoms with E-state index in [1.807, 2.05) is 0 Å². The Morgan fingerprint density at radius 1 is 1.16 bits per heavy atom. The van der Waals surface area contributed by atoms with Gasteiger partial charge in [-0.2, -0.15) is 4.31 Å². The van der Waals surface area contributed by atoms with E-state index in [-0.39, 0.29) is 22.8 Å². The highest BCUT2D eigenvalue weighted by atomic mass is 32.2. The minimum atomic E-state index is -3.49. The molecule has 2 saturated heterocycles. The van der Waals surface area contributed by atoms with Gasteiger partial charge in [0.1, 0.15) is 0 Å². The Balaban J connectivity index is 1.45. The third kappa shape index (κ3) is 6.52. The number of aryl methyl sites for hydroxylation is 1. The van der Waals surface area contributed by atoms with E-state index in [1.165, 1.54) is 11.2 Å². The smallest absolute Gasteiger partial charge is 0.306 e. The molecule has 2 aliphatic rings. The fourth-order valence-corrected chi connectivity index (χ4v) is 7.06. The summed E-state index contributed by atoms with van der Waals surface area (Å²) in [6.45, 7) is 2.52. The first-order chi connectivity index (χ1) is 15.1. The second-order valence-corrected chi connectivity index (χ2v) is 12.5. The van der Waals surface area contributed by atoms with E-state index in [2.05, 4.69) is 5.32 Å². The third-order valence-electron chi connectivity index (χ3n) is 5.75. The number of rotatable bonds is 8. The summed E-state index contributed by atoms with van der Waals surface area (Å²) in [7, 11) is -6.60. The van der Waals surface area contributed by atoms with Gasteiger partial charge in [0, 0.05) is 25.6 Å². The summed E-state index contributed by atoms with van der Waals surface area (Å²) in [6.07, 6.45) is 2.50. The zero-order chi connectivity index (χ0) is 23.4. The number of nitrogens with zero attached hydrogens (tertiary/aromatic N) is 1. The van der Waals surface area contributed by atoms with Gasteiger partial charge in [-0.05, 0) is 50.3 Å². The molecule has 1 aromatic rings. The molecular weight excluding hydrogens is 456 g/mol. The van der Waals surface area contributed by atoms with Crippen LogP contribution in [0.5, 0.6) is 0 Å². The standard InChI is InChI=1S/C21H30N2O7S2/c1-16(21(25)22-18-11-14-31(26,27)15-18)30-20(24)10-7-17-5-8-19(9-6-17)32(28,29)23-12-3-2-4-13-23/h5-6,8-9,16,18H,2-4,7,10-15H2,1H3,(H,22,25)/t16-,18-/m1/s1. The van der Waals surface area contributed by atoms with Crippen molar-refractivity contribution in [3.63, 3.8) is 0 Å². The number of benzene rings is 1. The summed E-state index contributed by atoms with van der Waals surface area (Å²) in [5.74, 6) is -1.13. The SMILES string of the molecule is C[C@@H](OC(=O)CCc1ccc(S(=O)(=O)N2CCCCC2)cc1)C(=O)N[C@@H]1CCS(=O)(=O)C1. The van der Waals surface area contributed by atoms with Crippen LogP contribution in [-0.2, 0) is 40.6 Å². The molecule has 2 fully saturated rings. The quantitative estimate of drug-likeness (QED) is 0.544. The summed E-state index contributed by atoms with van der Waals surface area (Å²) >= 11 is 0. The first-order valence-electron chi connectivity index (χ1n) is 10.9. The highest BCUT2D eigenvalue weighted by Crippen LogP contribution is 2.21. The Labute approximate surface area is 189 Å². The van der Waals surface area contributed by atoms with Crippen molar-refractivity contribution in [1.29, 1.82) is 0 Å². The first-order valence-corrected chi connectivity index (χ1v) is 14.1. The molecule has 2 atom stereocenters. The van der Waals surface area contributed by atoms with Crippen LogP contribution in [0.3, 0.4) is 0 Å². The Morgan fingerprint density at radius 2 is 1.81 bits per heavy atom. The van der Waals surface area contributed by atoms with Gasteiger partial charge in [0.05, 0.1) is 16.4 Å². The lowest BCUT2D eigenvalue weighted by atomic mass is 10.1. The number of ether oxygens (including phenoxy) is 1. The lowest BCUT2D eigenvalue weighted by molar-refractivity contribution is -0.155. The fourth-order valence-electron chi connectivity index (χ4n) is 3.87. The Morgan fingerprint density at radius 3 is 2.41 bits per heavy atom. The minimum absolute atomic E-state index is 0.0354. The molecule has 0 spiro atoms. The number of hydrogen-bond donors (Lipinski definition) is 1. The molecule has 0 aliphatic carbocycles. The predicted octanol–water partition coefficient (Wildman–Crippen LogP) is 1.03. The van der Waals surface area contributed by atoms with Crippen molar-refractivity contribution in [1.82, 2.24) is 9.62 Å². The number of carbonyl (C=O) groups excluding carboxylic acids is 2. The normalized spacial score (nSPS) is 22.2. The van der Waals surface area contributed by atoms with Crippen LogP contribution in [0.15, 0.2) is 29.2 Å². The second-order valence-electron chi connectivity index (χ2n) is 8.35. The largest absolute Gasteiger partial charge is 0.453 e. The highest BCUT2D eigenvalue weighted by Gasteiger charge is 2.31. The van der Waals surface area contributed by atoms with E-state index >= 15 is 0 Å². The van der Waals surface area contributed by atoms with Gasteiger partial charge in [0.2, 0.25) is 10.0 Å². The average molecular weight is 487 g/mol. The van der Waals surface area contributed by atoms with Crippen LogP contribution in [0.1, 0.15) is 44.6 Å². The lowest BCUT2D eigenvalue weighted by Gasteiger charge is -2.25. The van der Waals surface area contributed by atoms with Gasteiger partial charge in [0.15, 0.2) is 15.9 Å². The maximum Gasteiger partial charge on any atom is 0.306 e. The highest BCUT2D eigenvalue weighted by molar-refractivity contribution is 7.91. The number of nitrogens with one attached hydrogen (secondary N) is 1. The van der Waals surface area contributed by atoms with Gasteiger partial charge in [0.25, 0.3) is 5.91 Å². The van der Waals surface area contributed by atoms with Crippen LogP contribution < -0.4 is 5.32 Å². The second kappa shape index (κ2) is 10.3. The molecule has 9 nitrogen and oxygen atoms in total. The lowest BCUT2D eigenvalue weighted by Crippen LogP contribution is -2.42. The van der Waals surface area contributed by atoms with Crippen molar-refractivity contribution in [3.8, 4) is 0 Å². The van der Waals surface area contributed by atoms with E-state index in [9.17, 15) is 26.4 Å². The molecule has 1 N–H and O–H groups in total. The average Bonchev–Trinajstić information content (AvgIpc) is 3.11. The molecule has 178 valence electrons. The van der Waals surface area contributed by atoms with E-state index in [4.69, 9.17) is 4.74 Å². The minimum Gasteiger partial charge on any atom is -0.453 e. The number of hydrogen-bond acceptors (Lipinski definition) is 7.